The molecule has 1 aromatic heterocycles. The molecule has 0 amide bonds. The monoisotopic (exact) mass is 322 g/mol. The molecular formula is C15H19BrN2O. The van der Waals surface area contributed by atoms with Gasteiger partial charge in [-0.2, -0.15) is 5.10 Å². The van der Waals surface area contributed by atoms with Gasteiger partial charge in [0, 0.05) is 23.8 Å². The van der Waals surface area contributed by atoms with Crippen LogP contribution in [0.3, 0.4) is 0 Å². The normalized spacial score (nSPS) is 12.6. The summed E-state index contributed by atoms with van der Waals surface area (Å²) in [5, 5.41) is 13.9. The van der Waals surface area contributed by atoms with Crippen LogP contribution >= 0.6 is 15.9 Å². The molecule has 1 aromatic carbocycles. The second-order valence-corrected chi connectivity index (χ2v) is 5.90. The van der Waals surface area contributed by atoms with E-state index in [-0.39, 0.29) is 12.5 Å². The quantitative estimate of drug-likeness (QED) is 0.919. The Hall–Kier alpha value is -1.13. The molecule has 0 saturated carbocycles. The Morgan fingerprint density at radius 1 is 1.26 bits per heavy atom. The first kappa shape index (κ1) is 14.3. The Bertz CT molecular complexity index is 534. The van der Waals surface area contributed by atoms with Gasteiger partial charge in [0.25, 0.3) is 0 Å². The van der Waals surface area contributed by atoms with Crippen molar-refractivity contribution in [3.8, 4) is 0 Å². The van der Waals surface area contributed by atoms with E-state index in [2.05, 4.69) is 39.2 Å². The number of halogens is 1. The van der Waals surface area contributed by atoms with Crippen LogP contribution in [0.15, 0.2) is 34.8 Å². The topological polar surface area (TPSA) is 38.0 Å². The fourth-order valence-electron chi connectivity index (χ4n) is 2.31. The Labute approximate surface area is 122 Å². The van der Waals surface area contributed by atoms with E-state index in [0.29, 0.717) is 0 Å². The highest BCUT2D eigenvalue weighted by Gasteiger charge is 2.12. The van der Waals surface area contributed by atoms with E-state index in [1.807, 2.05) is 30.8 Å². The lowest BCUT2D eigenvalue weighted by atomic mass is 9.95. The first-order valence-corrected chi connectivity index (χ1v) is 7.22. The van der Waals surface area contributed by atoms with Crippen molar-refractivity contribution >= 4 is 15.9 Å². The van der Waals surface area contributed by atoms with Crippen LogP contribution in [0.4, 0.5) is 0 Å². The van der Waals surface area contributed by atoms with Gasteiger partial charge in [0.1, 0.15) is 0 Å². The lowest BCUT2D eigenvalue weighted by Gasteiger charge is -2.14. The summed E-state index contributed by atoms with van der Waals surface area (Å²) in [7, 11) is 1.95. The summed E-state index contributed by atoms with van der Waals surface area (Å²) in [5.74, 6) is 0.232. The Morgan fingerprint density at radius 2 is 1.95 bits per heavy atom. The molecule has 1 atom stereocenters. The van der Waals surface area contributed by atoms with Crippen LogP contribution in [0, 0.1) is 12.8 Å². The average molecular weight is 323 g/mol. The number of nitrogens with zero attached hydrogens (tertiary/aromatic N) is 2. The molecule has 0 spiro atoms. The molecule has 0 aliphatic heterocycles. The molecule has 2 rings (SSSR count). The Kier molecular flexibility index (Phi) is 4.77. The third kappa shape index (κ3) is 3.91. The van der Waals surface area contributed by atoms with Crippen molar-refractivity contribution in [3.63, 3.8) is 0 Å². The molecule has 19 heavy (non-hydrogen) atoms. The molecule has 0 aliphatic carbocycles. The molecular weight excluding hydrogens is 304 g/mol. The SMILES string of the molecule is Cc1cc(CC(CO)Cc2ccc(Br)cc2)n(C)n1. The first-order valence-electron chi connectivity index (χ1n) is 6.43. The maximum Gasteiger partial charge on any atom is 0.0596 e. The van der Waals surface area contributed by atoms with Crippen molar-refractivity contribution < 1.29 is 5.11 Å². The van der Waals surface area contributed by atoms with Gasteiger partial charge in [0.2, 0.25) is 0 Å². The second-order valence-electron chi connectivity index (χ2n) is 4.98. The number of aryl methyl sites for hydroxylation is 2. The Balaban J connectivity index is 2.04. The number of hydrogen-bond donors (Lipinski definition) is 1. The van der Waals surface area contributed by atoms with E-state index in [1.165, 1.54) is 11.3 Å². The van der Waals surface area contributed by atoms with Gasteiger partial charge in [-0.3, -0.25) is 4.68 Å². The van der Waals surface area contributed by atoms with E-state index < -0.39 is 0 Å². The summed E-state index contributed by atoms with van der Waals surface area (Å²) in [6, 6.07) is 10.4. The van der Waals surface area contributed by atoms with E-state index in [1.54, 1.807) is 0 Å². The van der Waals surface area contributed by atoms with Gasteiger partial charge in [-0.05, 0) is 49.4 Å². The number of aliphatic hydroxyl groups excluding tert-OH is 1. The summed E-state index contributed by atoms with van der Waals surface area (Å²) < 4.78 is 2.98. The van der Waals surface area contributed by atoms with Gasteiger partial charge in [-0.1, -0.05) is 28.1 Å². The third-order valence-electron chi connectivity index (χ3n) is 3.29. The van der Waals surface area contributed by atoms with E-state index in [9.17, 15) is 5.11 Å². The molecule has 0 aliphatic rings. The molecule has 102 valence electrons. The summed E-state index contributed by atoms with van der Waals surface area (Å²) >= 11 is 3.43. The van der Waals surface area contributed by atoms with E-state index in [4.69, 9.17) is 0 Å². The number of aromatic nitrogens is 2. The molecule has 1 heterocycles. The highest BCUT2D eigenvalue weighted by atomic mass is 79.9. The zero-order valence-corrected chi connectivity index (χ0v) is 12.9. The van der Waals surface area contributed by atoms with Crippen LogP contribution in [0.1, 0.15) is 17.0 Å². The molecule has 1 N–H and O–H groups in total. The number of rotatable bonds is 5. The first-order chi connectivity index (χ1) is 9.08. The van der Waals surface area contributed by atoms with Gasteiger partial charge in [-0.25, -0.2) is 0 Å². The highest BCUT2D eigenvalue weighted by molar-refractivity contribution is 9.10. The smallest absolute Gasteiger partial charge is 0.0596 e. The van der Waals surface area contributed by atoms with Crippen LogP contribution in [0.25, 0.3) is 0 Å². The van der Waals surface area contributed by atoms with Crippen molar-refractivity contribution in [2.45, 2.75) is 19.8 Å². The minimum absolute atomic E-state index is 0.195. The van der Waals surface area contributed by atoms with Crippen LogP contribution in [0.2, 0.25) is 0 Å². The lowest BCUT2D eigenvalue weighted by molar-refractivity contribution is 0.223. The summed E-state index contributed by atoms with van der Waals surface area (Å²) in [6.07, 6.45) is 1.73. The highest BCUT2D eigenvalue weighted by Crippen LogP contribution is 2.17. The van der Waals surface area contributed by atoms with Crippen LogP contribution in [-0.2, 0) is 19.9 Å². The third-order valence-corrected chi connectivity index (χ3v) is 3.82. The van der Waals surface area contributed by atoms with Gasteiger partial charge in [0.15, 0.2) is 0 Å². The molecule has 4 heteroatoms. The van der Waals surface area contributed by atoms with E-state index in [0.717, 1.165) is 23.0 Å². The van der Waals surface area contributed by atoms with Crippen LogP contribution < -0.4 is 0 Å². The van der Waals surface area contributed by atoms with Gasteiger partial charge >= 0.3 is 0 Å². The minimum Gasteiger partial charge on any atom is -0.396 e. The van der Waals surface area contributed by atoms with E-state index >= 15 is 0 Å². The molecule has 0 saturated heterocycles. The maximum atomic E-state index is 9.56. The van der Waals surface area contributed by atoms with Gasteiger partial charge in [-0.15, -0.1) is 0 Å². The summed E-state index contributed by atoms with van der Waals surface area (Å²) in [4.78, 5) is 0. The molecule has 0 bridgehead atoms. The van der Waals surface area contributed by atoms with Gasteiger partial charge in [0.05, 0.1) is 5.69 Å². The van der Waals surface area contributed by atoms with Crippen molar-refractivity contribution in [1.82, 2.24) is 9.78 Å². The van der Waals surface area contributed by atoms with Crippen LogP contribution in [-0.4, -0.2) is 21.5 Å². The molecule has 3 nitrogen and oxygen atoms in total. The van der Waals surface area contributed by atoms with Gasteiger partial charge < -0.3 is 5.11 Å². The molecule has 2 aromatic rings. The summed E-state index contributed by atoms with van der Waals surface area (Å²) in [5.41, 5.74) is 3.45. The largest absolute Gasteiger partial charge is 0.396 e. The number of benzene rings is 1. The number of hydrogen-bond acceptors (Lipinski definition) is 2. The predicted molar refractivity (Wildman–Crippen MR) is 80.1 cm³/mol. The molecule has 0 radical (unpaired) electrons. The minimum atomic E-state index is 0.195. The fourth-order valence-corrected chi connectivity index (χ4v) is 2.57. The zero-order chi connectivity index (χ0) is 13.8. The summed E-state index contributed by atoms with van der Waals surface area (Å²) in [6.45, 7) is 2.19. The number of aliphatic hydroxyl groups is 1. The van der Waals surface area contributed by atoms with Crippen molar-refractivity contribution in [3.05, 3.63) is 51.8 Å². The fraction of sp³-hybridized carbons (Fsp3) is 0.400. The van der Waals surface area contributed by atoms with Crippen molar-refractivity contribution in [2.24, 2.45) is 13.0 Å². The standard InChI is InChI=1S/C15H19BrN2O/c1-11-7-15(18(2)17-11)9-13(10-19)8-12-3-5-14(16)6-4-12/h3-7,13,19H,8-10H2,1-2H3. The average Bonchev–Trinajstić information content (AvgIpc) is 2.69. The van der Waals surface area contributed by atoms with Crippen molar-refractivity contribution in [1.29, 1.82) is 0 Å². The zero-order valence-electron chi connectivity index (χ0n) is 11.3. The van der Waals surface area contributed by atoms with Crippen molar-refractivity contribution in [2.75, 3.05) is 6.61 Å². The second kappa shape index (κ2) is 6.35. The molecule has 0 fully saturated rings. The lowest BCUT2D eigenvalue weighted by Crippen LogP contribution is -2.15. The maximum absolute atomic E-state index is 9.56. The predicted octanol–water partition coefficient (Wildman–Crippen LogP) is 2.88. The molecule has 1 unspecified atom stereocenters. The Morgan fingerprint density at radius 3 is 2.47 bits per heavy atom. The van der Waals surface area contributed by atoms with Crippen LogP contribution in [0.5, 0.6) is 0 Å².